The van der Waals surface area contributed by atoms with Crippen molar-refractivity contribution in [3.63, 3.8) is 0 Å². The summed E-state index contributed by atoms with van der Waals surface area (Å²) in [4.78, 5) is 102. The number of Topliss-reactive ketones (excluding diaryl/α,β-unsaturated/α-hetero) is 2. The molecule has 3 aromatic carbocycles. The number of hydrogen-bond donors (Lipinski definition) is 6. The van der Waals surface area contributed by atoms with Crippen molar-refractivity contribution < 1.29 is 74.5 Å². The van der Waals surface area contributed by atoms with E-state index in [4.69, 9.17) is 38.8 Å². The number of carboxylic acid groups (broad SMARTS) is 1. The molecule has 9 rings (SSSR count). The number of amides is 4. The molecule has 4 amide bonds. The number of anilines is 3. The minimum atomic E-state index is -1.32. The zero-order valence-electron chi connectivity index (χ0n) is 47.2. The molecule has 4 aliphatic rings. The predicted octanol–water partition coefficient (Wildman–Crippen LogP) is 10.5. The fourth-order valence-corrected chi connectivity index (χ4v) is 11.7. The van der Waals surface area contributed by atoms with Crippen LogP contribution in [0.5, 0.6) is 0 Å². The van der Waals surface area contributed by atoms with E-state index in [9.17, 15) is 75.2 Å². The Bertz CT molecular complexity index is 3670. The van der Waals surface area contributed by atoms with Gasteiger partial charge in [-0.15, -0.1) is 0 Å². The third kappa shape index (κ3) is 15.7. The van der Waals surface area contributed by atoms with Crippen molar-refractivity contribution in [2.45, 2.75) is 140 Å². The number of aliphatic carboxylic acids is 1. The molecule has 2 aliphatic carbocycles. The van der Waals surface area contributed by atoms with Crippen molar-refractivity contribution in [1.82, 2.24) is 19.8 Å². The highest BCUT2D eigenvalue weighted by Gasteiger charge is 2.43. The minimum absolute atomic E-state index is 0.00762. The van der Waals surface area contributed by atoms with Gasteiger partial charge < -0.3 is 46.0 Å². The Kier molecular flexibility index (Phi) is 20.7. The predicted molar refractivity (Wildman–Crippen MR) is 303 cm³/mol. The Morgan fingerprint density at radius 3 is 1.34 bits per heavy atom. The smallest absolute Gasteiger partial charge is 0.306 e. The number of nitrogens with one attached hydrogen (secondary N) is 4. The van der Waals surface area contributed by atoms with Crippen molar-refractivity contribution in [3.05, 3.63) is 133 Å². The van der Waals surface area contributed by atoms with E-state index in [-0.39, 0.29) is 106 Å². The highest BCUT2D eigenvalue weighted by molar-refractivity contribution is 6.49. The van der Waals surface area contributed by atoms with Crippen LogP contribution in [0.15, 0.2) is 54.6 Å². The second-order valence-electron chi connectivity index (χ2n) is 22.5. The molecular weight excluding hydrogens is 1190 g/mol. The van der Waals surface area contributed by atoms with E-state index in [1.165, 1.54) is 27.3 Å². The molecule has 27 heteroatoms. The highest BCUT2D eigenvalue weighted by atomic mass is 35.5. The quantitative estimate of drug-likeness (QED) is 0.0198. The summed E-state index contributed by atoms with van der Waals surface area (Å²) in [5.41, 5.74) is 2.58. The number of carbonyl (C=O) groups is 8. The number of nitrogens with two attached hydrogens (primary N) is 1. The Labute approximate surface area is 504 Å². The number of benzene rings is 3. The molecule has 5 aromatic rings. The van der Waals surface area contributed by atoms with Crippen LogP contribution in [0.3, 0.4) is 0 Å². The van der Waals surface area contributed by atoms with Gasteiger partial charge in [0.25, 0.3) is 35.2 Å². The van der Waals surface area contributed by atoms with Crippen LogP contribution >= 0.6 is 23.2 Å². The molecule has 2 aromatic heterocycles. The molecule has 460 valence electrons. The molecule has 2 saturated carbocycles. The van der Waals surface area contributed by atoms with Gasteiger partial charge in [-0.3, -0.25) is 38.4 Å². The second-order valence-corrected chi connectivity index (χ2v) is 23.3. The first-order valence-electron chi connectivity index (χ1n) is 27.5. The summed E-state index contributed by atoms with van der Waals surface area (Å²) >= 11 is 12.9. The van der Waals surface area contributed by atoms with Gasteiger partial charge in [-0.05, 0) is 152 Å². The number of carbonyl (C=O) groups excluding carboxylic acids is 7. The van der Waals surface area contributed by atoms with Crippen molar-refractivity contribution in [1.29, 1.82) is 10.5 Å². The lowest BCUT2D eigenvalue weighted by atomic mass is 9.76. The Balaban J connectivity index is 0.000000218. The van der Waals surface area contributed by atoms with Crippen LogP contribution in [0, 0.1) is 69.4 Å². The largest absolute Gasteiger partial charge is 0.481 e. The summed E-state index contributed by atoms with van der Waals surface area (Å²) in [6.07, 6.45) is 4.84. The molecule has 19 nitrogen and oxygen atoms in total. The molecule has 2 aliphatic heterocycles. The molecule has 0 atom stereocenters. The van der Waals surface area contributed by atoms with Crippen molar-refractivity contribution in [3.8, 4) is 12.1 Å². The van der Waals surface area contributed by atoms with E-state index in [0.29, 0.717) is 75.8 Å². The molecule has 0 spiro atoms. The molecule has 7 N–H and O–H groups in total. The number of halogens is 8. The number of nitriles is 2. The number of rotatable bonds is 14. The van der Waals surface area contributed by atoms with E-state index >= 15 is 0 Å². The summed E-state index contributed by atoms with van der Waals surface area (Å²) in [5.74, 6) is -13.2. The number of ether oxygens (including phenoxy) is 1. The normalized spacial score (nSPS) is 19.2. The first-order valence-corrected chi connectivity index (χ1v) is 28.3. The van der Waals surface area contributed by atoms with E-state index in [2.05, 4.69) is 33.4 Å². The molecule has 0 bridgehead atoms. The number of nitrogen functional groups attached to an aromatic ring is 1. The molecule has 0 saturated heterocycles. The Morgan fingerprint density at radius 2 is 1.00 bits per heavy atom. The Hall–Kier alpha value is -8.68. The Morgan fingerprint density at radius 1 is 0.621 bits per heavy atom. The summed E-state index contributed by atoms with van der Waals surface area (Å²) in [6.45, 7) is 6.04. The second kappa shape index (κ2) is 27.4. The average Bonchev–Trinajstić information content (AvgIpc) is 1.65. The van der Waals surface area contributed by atoms with E-state index in [1.807, 2.05) is 0 Å². The van der Waals surface area contributed by atoms with Gasteiger partial charge >= 0.3 is 11.9 Å². The van der Waals surface area contributed by atoms with Gasteiger partial charge in [-0.2, -0.15) is 10.5 Å². The van der Waals surface area contributed by atoms with Gasteiger partial charge in [-0.25, -0.2) is 26.3 Å². The standard InChI is InChI=1S/C29H31ClF2N4O5.C25H23ClF2N4O5.C6H5F2N/c1-28(2,3)41-21(37)13-16-8-10-29(15-33,11-9-16)35-27(40)25(38)24-23(30)22(20-5-4-12-36(20)24)26(39)34-17-6-7-18(31)19(32)14-17;26-20-19(23(36)30-14-3-4-15(27)16(28)11-14)17-2-1-9-32(17)21(20)22(35)24(37)31-25(12-29)7-5-13(6-8-25)10-18(33)34;7-5-2-1-4(9)3-6(5)8/h6-7,14,16H,4-5,8-13H2,1-3H3,(H,34,39)(H,35,40);3-4,11,13H,1-2,5-10H2,(H,30,36)(H,31,37)(H,33,34);1-3H,9H2. The van der Waals surface area contributed by atoms with Crippen molar-refractivity contribution >= 4 is 87.4 Å². The molecule has 87 heavy (non-hydrogen) atoms. The number of hydrogen-bond acceptors (Lipinski definition) is 12. The van der Waals surface area contributed by atoms with Crippen LogP contribution < -0.4 is 27.0 Å². The summed E-state index contributed by atoms with van der Waals surface area (Å²) in [6, 6.07) is 13.1. The van der Waals surface area contributed by atoms with E-state index < -0.39 is 92.7 Å². The molecule has 4 heterocycles. The monoisotopic (exact) mass is 1250 g/mol. The van der Waals surface area contributed by atoms with Crippen LogP contribution in [0.25, 0.3) is 0 Å². The van der Waals surface area contributed by atoms with Crippen LogP contribution in [0.2, 0.25) is 10.0 Å². The van der Waals surface area contributed by atoms with Crippen molar-refractivity contribution in [2.24, 2.45) is 11.8 Å². The first-order chi connectivity index (χ1) is 41.0. The summed E-state index contributed by atoms with van der Waals surface area (Å²) < 4.78 is 86.3. The first kappa shape index (κ1) is 65.9. The van der Waals surface area contributed by atoms with Crippen LogP contribution in [-0.4, -0.2) is 78.1 Å². The maximum absolute atomic E-state index is 13.6. The summed E-state index contributed by atoms with van der Waals surface area (Å²) in [7, 11) is 0. The zero-order chi connectivity index (χ0) is 63.9. The van der Waals surface area contributed by atoms with Crippen molar-refractivity contribution in [2.75, 3.05) is 16.4 Å². The fourth-order valence-electron chi connectivity index (χ4n) is 11.0. The maximum Gasteiger partial charge on any atom is 0.306 e. The van der Waals surface area contributed by atoms with E-state index in [0.717, 1.165) is 36.4 Å². The lowest BCUT2D eigenvalue weighted by molar-refractivity contribution is -0.156. The van der Waals surface area contributed by atoms with Gasteiger partial charge in [-0.1, -0.05) is 23.2 Å². The molecule has 0 radical (unpaired) electrons. The van der Waals surface area contributed by atoms with Gasteiger partial charge in [0.1, 0.15) is 28.1 Å². The van der Waals surface area contributed by atoms with Crippen LogP contribution in [0.1, 0.15) is 151 Å². The highest BCUT2D eigenvalue weighted by Crippen LogP contribution is 2.39. The number of aromatic nitrogens is 2. The average molecular weight is 1250 g/mol. The lowest BCUT2D eigenvalue weighted by Crippen LogP contribution is -2.52. The number of esters is 1. The van der Waals surface area contributed by atoms with Gasteiger partial charge in [0.15, 0.2) is 34.9 Å². The lowest BCUT2D eigenvalue weighted by Gasteiger charge is -2.35. The molecule has 0 unspecified atom stereocenters. The fraction of sp³-hybridized carbons (Fsp3) is 0.400. The van der Waals surface area contributed by atoms with E-state index in [1.54, 1.807) is 20.8 Å². The molecule has 2 fully saturated rings. The van der Waals surface area contributed by atoms with Gasteiger partial charge in [0.05, 0.1) is 33.3 Å². The minimum Gasteiger partial charge on any atom is -0.481 e. The number of carboxylic acids is 1. The van der Waals surface area contributed by atoms with Crippen LogP contribution in [-0.2, 0) is 49.8 Å². The number of fused-ring (bicyclic) bond motifs is 2. The van der Waals surface area contributed by atoms with Gasteiger partial charge in [0, 0.05) is 66.5 Å². The molecular formula is C60H59Cl2F6N9O10. The number of ketones is 2. The SMILES string of the molecule is CC(C)(C)OC(=O)CC1CCC(C#N)(NC(=O)C(=O)c2c(Cl)c(C(=O)Nc3ccc(F)c(F)c3)c3n2CCC3)CC1.N#CC1(NC(=O)C(=O)c2c(Cl)c(C(=O)Nc3ccc(F)c(F)c3)c3n2CCC3)CCC(CC(=O)O)CC1.Nc1ccc(F)c(F)c1. The topological polar surface area (TPSA) is 298 Å². The van der Waals surface area contributed by atoms with Crippen LogP contribution in [0.4, 0.5) is 43.4 Å². The summed E-state index contributed by atoms with van der Waals surface area (Å²) in [5, 5.41) is 38.2. The zero-order valence-corrected chi connectivity index (χ0v) is 48.7. The third-order valence-corrected chi connectivity index (χ3v) is 15.9. The van der Waals surface area contributed by atoms with Gasteiger partial charge in [0.2, 0.25) is 0 Å². The number of nitrogens with zero attached hydrogens (tertiary/aromatic N) is 4. The third-order valence-electron chi connectivity index (χ3n) is 15.2. The maximum atomic E-state index is 13.6.